The van der Waals surface area contributed by atoms with E-state index >= 15 is 0 Å². The van der Waals surface area contributed by atoms with E-state index < -0.39 is 0 Å². The highest BCUT2D eigenvalue weighted by molar-refractivity contribution is 5.69. The fourth-order valence-corrected chi connectivity index (χ4v) is 6.77. The number of hydrogen-bond acceptors (Lipinski definition) is 7. The predicted octanol–water partition coefficient (Wildman–Crippen LogP) is 10.5. The normalized spacial score (nSPS) is 15.5. The van der Waals surface area contributed by atoms with Crippen LogP contribution in [0.4, 0.5) is 0 Å². The van der Waals surface area contributed by atoms with Gasteiger partial charge in [-0.3, -0.25) is 9.59 Å². The van der Waals surface area contributed by atoms with Crippen LogP contribution in [-0.4, -0.2) is 85.4 Å². The minimum absolute atomic E-state index is 0.0426. The zero-order valence-electron chi connectivity index (χ0n) is 32.8. The second-order valence-electron chi connectivity index (χ2n) is 14.8. The highest BCUT2D eigenvalue weighted by Crippen LogP contribution is 2.19. The molecule has 0 aromatic rings. The molecule has 1 aliphatic rings. The van der Waals surface area contributed by atoms with Gasteiger partial charge in [0.25, 0.3) is 0 Å². The fraction of sp³-hybridized carbons (Fsp3) is 0.951. The molecule has 2 unspecified atom stereocenters. The molecule has 1 rings (SSSR count). The fourth-order valence-electron chi connectivity index (χ4n) is 6.77. The summed E-state index contributed by atoms with van der Waals surface area (Å²) in [6.07, 6.45) is 28.6. The molecule has 0 spiro atoms. The van der Waals surface area contributed by atoms with Crippen LogP contribution in [0.1, 0.15) is 195 Å². The van der Waals surface area contributed by atoms with Crippen molar-refractivity contribution >= 4 is 11.9 Å². The van der Waals surface area contributed by atoms with Gasteiger partial charge in [-0.1, -0.05) is 143 Å². The summed E-state index contributed by atoms with van der Waals surface area (Å²) in [5.74, 6) is -0.0853. The second-order valence-corrected chi connectivity index (χ2v) is 14.8. The number of carbonyl (C=O) groups is 2. The molecule has 0 radical (unpaired) electrons. The monoisotopic (exact) mass is 680 g/mol. The molecule has 1 heterocycles. The molecule has 0 aromatic heterocycles. The summed E-state index contributed by atoms with van der Waals surface area (Å²) >= 11 is 0. The van der Waals surface area contributed by atoms with Crippen molar-refractivity contribution in [2.45, 2.75) is 207 Å². The van der Waals surface area contributed by atoms with Gasteiger partial charge in [-0.05, 0) is 45.6 Å². The smallest absolute Gasteiger partial charge is 0.306 e. The molecule has 48 heavy (non-hydrogen) atoms. The first-order valence-electron chi connectivity index (χ1n) is 21.0. The van der Waals surface area contributed by atoms with Gasteiger partial charge in [-0.25, -0.2) is 10.0 Å². The van der Waals surface area contributed by atoms with Gasteiger partial charge in [0.2, 0.25) is 0 Å². The van der Waals surface area contributed by atoms with Crippen LogP contribution in [-0.2, 0) is 19.1 Å². The number of hydrogen-bond donors (Lipinski definition) is 0. The molecule has 1 fully saturated rings. The van der Waals surface area contributed by atoms with Gasteiger partial charge < -0.3 is 14.4 Å². The van der Waals surface area contributed by atoms with Crippen molar-refractivity contribution in [1.82, 2.24) is 14.9 Å². The summed E-state index contributed by atoms with van der Waals surface area (Å²) in [6.45, 7) is 14.2. The zero-order chi connectivity index (χ0) is 35.1. The Labute approximate surface area is 298 Å². The topological polar surface area (TPSA) is 62.3 Å². The maximum absolute atomic E-state index is 13.1. The standard InChI is InChI=1S/C41H81N3O4/c1-6-10-14-18-22-24-28-38(47-40(45)30-26-20-16-12-8-3)36-44(43-34-32-42(5)33-35-43)37-39(29-25-23-19-15-11-7-2)48-41(46)31-27-21-17-13-9-4/h38-39H,6-37H2,1-5H3. The Kier molecular flexibility index (Phi) is 29.7. The van der Waals surface area contributed by atoms with Gasteiger partial charge in [0.15, 0.2) is 0 Å². The summed E-state index contributed by atoms with van der Waals surface area (Å²) in [4.78, 5) is 28.6. The Hall–Kier alpha value is -1.18. The Morgan fingerprint density at radius 3 is 1.21 bits per heavy atom. The highest BCUT2D eigenvalue weighted by Gasteiger charge is 2.28. The number of esters is 2. The van der Waals surface area contributed by atoms with E-state index in [1.165, 1.54) is 103 Å². The maximum Gasteiger partial charge on any atom is 0.306 e. The number of ether oxygens (including phenoxy) is 2. The lowest BCUT2D eigenvalue weighted by Crippen LogP contribution is -2.56. The third kappa shape index (κ3) is 24.9. The summed E-state index contributed by atoms with van der Waals surface area (Å²) in [5, 5.41) is 4.87. The number of likely N-dealkylation sites (N-methyl/N-ethyl adjacent to an activating group) is 1. The molecular formula is C41H81N3O4. The van der Waals surface area contributed by atoms with E-state index in [4.69, 9.17) is 9.47 Å². The van der Waals surface area contributed by atoms with Gasteiger partial charge in [-0.2, -0.15) is 0 Å². The van der Waals surface area contributed by atoms with E-state index in [0.717, 1.165) is 77.5 Å². The van der Waals surface area contributed by atoms with E-state index in [1.54, 1.807) is 0 Å². The van der Waals surface area contributed by atoms with Crippen molar-refractivity contribution in [1.29, 1.82) is 0 Å². The second kappa shape index (κ2) is 31.8. The van der Waals surface area contributed by atoms with E-state index in [-0.39, 0.29) is 24.1 Å². The number of rotatable bonds is 33. The third-order valence-corrected chi connectivity index (χ3v) is 10.0. The average molecular weight is 680 g/mol. The maximum atomic E-state index is 13.1. The quantitative estimate of drug-likeness (QED) is 0.0505. The lowest BCUT2D eigenvalue weighted by Gasteiger charge is -2.42. The van der Waals surface area contributed by atoms with E-state index in [9.17, 15) is 9.59 Å². The number of carbonyl (C=O) groups excluding carboxylic acids is 2. The van der Waals surface area contributed by atoms with Crippen molar-refractivity contribution in [3.05, 3.63) is 0 Å². The van der Waals surface area contributed by atoms with Crippen LogP contribution in [0.3, 0.4) is 0 Å². The Bertz CT molecular complexity index is 693. The lowest BCUT2D eigenvalue weighted by atomic mass is 10.1. The first-order chi connectivity index (χ1) is 23.4. The summed E-state index contributed by atoms with van der Waals surface area (Å²) in [6, 6.07) is 0. The molecule has 0 aliphatic carbocycles. The van der Waals surface area contributed by atoms with Crippen LogP contribution >= 0.6 is 0 Å². The van der Waals surface area contributed by atoms with Gasteiger partial charge in [0.05, 0.1) is 13.1 Å². The Morgan fingerprint density at radius 2 is 0.833 bits per heavy atom. The first-order valence-corrected chi connectivity index (χ1v) is 21.0. The van der Waals surface area contributed by atoms with Crippen LogP contribution in [0.25, 0.3) is 0 Å². The average Bonchev–Trinajstić information content (AvgIpc) is 3.07. The summed E-state index contributed by atoms with van der Waals surface area (Å²) in [7, 11) is 2.19. The number of hydrazine groups is 1. The van der Waals surface area contributed by atoms with Crippen molar-refractivity contribution in [3.8, 4) is 0 Å². The van der Waals surface area contributed by atoms with Crippen LogP contribution in [0.2, 0.25) is 0 Å². The van der Waals surface area contributed by atoms with E-state index in [1.807, 2.05) is 0 Å². The van der Waals surface area contributed by atoms with Crippen molar-refractivity contribution < 1.29 is 19.1 Å². The molecular weight excluding hydrogens is 598 g/mol. The lowest BCUT2D eigenvalue weighted by molar-refractivity contribution is -0.161. The molecule has 284 valence electrons. The molecule has 0 amide bonds. The molecule has 2 atom stereocenters. The van der Waals surface area contributed by atoms with Crippen molar-refractivity contribution in [2.24, 2.45) is 0 Å². The largest absolute Gasteiger partial charge is 0.461 e. The number of unbranched alkanes of at least 4 members (excludes halogenated alkanes) is 18. The molecule has 0 N–H and O–H groups in total. The summed E-state index contributed by atoms with van der Waals surface area (Å²) in [5.41, 5.74) is 0. The molecule has 0 saturated carbocycles. The van der Waals surface area contributed by atoms with E-state index in [0.29, 0.717) is 25.9 Å². The van der Waals surface area contributed by atoms with Gasteiger partial charge in [-0.15, -0.1) is 0 Å². The molecule has 0 bridgehead atoms. The summed E-state index contributed by atoms with van der Waals surface area (Å²) < 4.78 is 12.6. The van der Waals surface area contributed by atoms with E-state index in [2.05, 4.69) is 49.7 Å². The molecule has 7 heteroatoms. The molecule has 7 nitrogen and oxygen atoms in total. The number of piperazine rings is 1. The van der Waals surface area contributed by atoms with Crippen molar-refractivity contribution in [3.63, 3.8) is 0 Å². The van der Waals surface area contributed by atoms with Gasteiger partial charge >= 0.3 is 11.9 Å². The Balaban J connectivity index is 3.01. The molecule has 1 saturated heterocycles. The van der Waals surface area contributed by atoms with Crippen LogP contribution in [0.15, 0.2) is 0 Å². The SMILES string of the molecule is CCCCCCCCC(CN(CC(CCCCCCCC)OC(=O)CCCCCCC)N1CCN(C)CC1)OC(=O)CCCCCCC. The third-order valence-electron chi connectivity index (χ3n) is 10.0. The van der Waals surface area contributed by atoms with Gasteiger partial charge in [0.1, 0.15) is 12.2 Å². The van der Waals surface area contributed by atoms with Crippen LogP contribution < -0.4 is 0 Å². The first kappa shape index (κ1) is 44.8. The molecule has 0 aromatic carbocycles. The highest BCUT2D eigenvalue weighted by atomic mass is 16.5. The number of nitrogens with zero attached hydrogens (tertiary/aromatic N) is 3. The Morgan fingerprint density at radius 1 is 0.500 bits per heavy atom. The van der Waals surface area contributed by atoms with Crippen LogP contribution in [0.5, 0.6) is 0 Å². The minimum atomic E-state index is -0.136. The predicted molar refractivity (Wildman–Crippen MR) is 203 cm³/mol. The minimum Gasteiger partial charge on any atom is -0.461 e. The van der Waals surface area contributed by atoms with Crippen LogP contribution in [0, 0.1) is 0 Å². The van der Waals surface area contributed by atoms with Crippen molar-refractivity contribution in [2.75, 3.05) is 46.3 Å². The molecule has 1 aliphatic heterocycles. The van der Waals surface area contributed by atoms with Gasteiger partial charge in [0, 0.05) is 39.0 Å². The zero-order valence-corrected chi connectivity index (χ0v) is 32.8.